The third-order valence-electron chi connectivity index (χ3n) is 6.55. The zero-order valence-electron chi connectivity index (χ0n) is 19.9. The lowest BCUT2D eigenvalue weighted by Gasteiger charge is -2.28. The first-order chi connectivity index (χ1) is 16.7. The second-order valence-corrected chi connectivity index (χ2v) is 9.54. The number of aryl methyl sites for hydroxylation is 1. The van der Waals surface area contributed by atoms with Gasteiger partial charge in [-0.3, -0.25) is 19.1 Å². The third-order valence-corrected chi connectivity index (χ3v) is 6.55. The van der Waals surface area contributed by atoms with E-state index in [1.807, 2.05) is 38.1 Å². The molecule has 0 radical (unpaired) electrons. The summed E-state index contributed by atoms with van der Waals surface area (Å²) in [6.45, 7) is 3.74. The SMILES string of the molecule is Cc1ccc(C(CNC(=O)Cn2nc(C(F)F)cc2C2CC2)NC(=O)C2CCC(C)NC2=O)cc1. The number of hydrogen-bond donors (Lipinski definition) is 3. The topological polar surface area (TPSA) is 105 Å². The molecule has 35 heavy (non-hydrogen) atoms. The van der Waals surface area contributed by atoms with Gasteiger partial charge < -0.3 is 16.0 Å². The predicted molar refractivity (Wildman–Crippen MR) is 125 cm³/mol. The Kier molecular flexibility index (Phi) is 7.47. The number of rotatable bonds is 9. The molecule has 0 bridgehead atoms. The van der Waals surface area contributed by atoms with Crippen LogP contribution in [0, 0.1) is 12.8 Å². The molecule has 10 heteroatoms. The van der Waals surface area contributed by atoms with Gasteiger partial charge in [-0.25, -0.2) is 8.78 Å². The highest BCUT2D eigenvalue weighted by Gasteiger charge is 2.33. The number of amides is 3. The van der Waals surface area contributed by atoms with Crippen LogP contribution < -0.4 is 16.0 Å². The maximum atomic E-state index is 13.1. The van der Waals surface area contributed by atoms with Crippen LogP contribution in [0.15, 0.2) is 30.3 Å². The molecule has 2 aromatic rings. The lowest BCUT2D eigenvalue weighted by atomic mass is 9.93. The molecule has 3 N–H and O–H groups in total. The fourth-order valence-corrected chi connectivity index (χ4v) is 4.34. The zero-order chi connectivity index (χ0) is 25.1. The summed E-state index contributed by atoms with van der Waals surface area (Å²) in [5.41, 5.74) is 2.15. The molecule has 3 unspecified atom stereocenters. The van der Waals surface area contributed by atoms with Crippen LogP contribution in [0.5, 0.6) is 0 Å². The quantitative estimate of drug-likeness (QED) is 0.473. The van der Waals surface area contributed by atoms with Gasteiger partial charge >= 0.3 is 0 Å². The minimum Gasteiger partial charge on any atom is -0.353 e. The Morgan fingerprint density at radius 3 is 2.51 bits per heavy atom. The van der Waals surface area contributed by atoms with E-state index in [1.165, 1.54) is 10.7 Å². The highest BCUT2D eigenvalue weighted by Crippen LogP contribution is 2.41. The number of carbonyl (C=O) groups excluding carboxylic acids is 3. The fraction of sp³-hybridized carbons (Fsp3) is 0.520. The molecule has 1 saturated carbocycles. The van der Waals surface area contributed by atoms with E-state index in [0.29, 0.717) is 18.5 Å². The van der Waals surface area contributed by atoms with Crippen molar-refractivity contribution in [3.63, 3.8) is 0 Å². The number of piperidine rings is 1. The average molecular weight is 488 g/mol. The minimum atomic E-state index is -2.70. The molecular weight excluding hydrogens is 456 g/mol. The lowest BCUT2D eigenvalue weighted by molar-refractivity contribution is -0.138. The van der Waals surface area contributed by atoms with E-state index in [2.05, 4.69) is 21.0 Å². The van der Waals surface area contributed by atoms with Crippen molar-refractivity contribution < 1.29 is 23.2 Å². The summed E-state index contributed by atoms with van der Waals surface area (Å²) in [7, 11) is 0. The van der Waals surface area contributed by atoms with Crippen molar-refractivity contribution in [3.05, 3.63) is 52.8 Å². The second-order valence-electron chi connectivity index (χ2n) is 9.54. The van der Waals surface area contributed by atoms with E-state index in [9.17, 15) is 23.2 Å². The summed E-state index contributed by atoms with van der Waals surface area (Å²) in [6.07, 6.45) is 0.263. The van der Waals surface area contributed by atoms with Gasteiger partial charge in [0.15, 0.2) is 0 Å². The zero-order valence-corrected chi connectivity index (χ0v) is 19.9. The highest BCUT2D eigenvalue weighted by molar-refractivity contribution is 6.01. The molecule has 1 aromatic heterocycles. The van der Waals surface area contributed by atoms with Crippen LogP contribution in [0.1, 0.15) is 73.5 Å². The Bertz CT molecular complexity index is 1080. The van der Waals surface area contributed by atoms with Gasteiger partial charge in [0.1, 0.15) is 18.2 Å². The Labute approximate surface area is 202 Å². The number of aromatic nitrogens is 2. The number of halogens is 2. The molecule has 1 aliphatic heterocycles. The minimum absolute atomic E-state index is 0.0344. The molecule has 3 atom stereocenters. The molecule has 2 heterocycles. The number of carbonyl (C=O) groups is 3. The van der Waals surface area contributed by atoms with Crippen molar-refractivity contribution in [2.45, 2.75) is 70.5 Å². The van der Waals surface area contributed by atoms with Crippen molar-refractivity contribution >= 4 is 17.7 Å². The molecule has 2 fully saturated rings. The molecule has 0 spiro atoms. The lowest BCUT2D eigenvalue weighted by Crippen LogP contribution is -2.50. The summed E-state index contributed by atoms with van der Waals surface area (Å²) < 4.78 is 27.6. The molecular formula is C25H31F2N5O3. The largest absolute Gasteiger partial charge is 0.353 e. The van der Waals surface area contributed by atoms with Crippen LogP contribution in [-0.4, -0.2) is 40.1 Å². The van der Waals surface area contributed by atoms with Gasteiger partial charge in [-0.15, -0.1) is 0 Å². The van der Waals surface area contributed by atoms with E-state index in [-0.39, 0.29) is 42.6 Å². The molecule has 1 saturated heterocycles. The molecule has 8 nitrogen and oxygen atoms in total. The van der Waals surface area contributed by atoms with Gasteiger partial charge in [-0.1, -0.05) is 29.8 Å². The molecule has 188 valence electrons. The maximum absolute atomic E-state index is 13.1. The first kappa shape index (κ1) is 24.8. The Morgan fingerprint density at radius 1 is 1.17 bits per heavy atom. The molecule has 3 amide bonds. The number of alkyl halides is 2. The predicted octanol–water partition coefficient (Wildman–Crippen LogP) is 2.89. The van der Waals surface area contributed by atoms with Crippen molar-refractivity contribution in [2.24, 2.45) is 5.92 Å². The van der Waals surface area contributed by atoms with Crippen molar-refractivity contribution in [1.29, 1.82) is 0 Å². The van der Waals surface area contributed by atoms with E-state index in [1.54, 1.807) is 0 Å². The molecule has 1 aromatic carbocycles. The van der Waals surface area contributed by atoms with Gasteiger partial charge in [0.05, 0.1) is 6.04 Å². The number of hydrogen-bond acceptors (Lipinski definition) is 4. The van der Waals surface area contributed by atoms with E-state index < -0.39 is 24.3 Å². The summed E-state index contributed by atoms with van der Waals surface area (Å²) in [5.74, 6) is -1.71. The Hall–Kier alpha value is -3.30. The third kappa shape index (κ3) is 6.23. The Balaban J connectivity index is 1.43. The van der Waals surface area contributed by atoms with Gasteiger partial charge in [0.2, 0.25) is 17.7 Å². The fourth-order valence-electron chi connectivity index (χ4n) is 4.34. The van der Waals surface area contributed by atoms with E-state index in [0.717, 1.165) is 24.0 Å². The normalized spacial score (nSPS) is 20.9. The average Bonchev–Trinajstić information content (AvgIpc) is 3.56. The van der Waals surface area contributed by atoms with E-state index in [4.69, 9.17) is 0 Å². The van der Waals surface area contributed by atoms with Crippen molar-refractivity contribution in [2.75, 3.05) is 6.54 Å². The number of nitrogens with zero attached hydrogens (tertiary/aromatic N) is 2. The highest BCUT2D eigenvalue weighted by atomic mass is 19.3. The Morgan fingerprint density at radius 2 is 1.89 bits per heavy atom. The maximum Gasteiger partial charge on any atom is 0.282 e. The summed E-state index contributed by atoms with van der Waals surface area (Å²) >= 11 is 0. The number of nitrogens with one attached hydrogen (secondary N) is 3. The monoisotopic (exact) mass is 487 g/mol. The second kappa shape index (κ2) is 10.5. The van der Waals surface area contributed by atoms with Gasteiger partial charge in [-0.05, 0) is 51.2 Å². The van der Waals surface area contributed by atoms with Crippen LogP contribution in [0.3, 0.4) is 0 Å². The first-order valence-corrected chi connectivity index (χ1v) is 12.0. The van der Waals surface area contributed by atoms with Crippen molar-refractivity contribution in [1.82, 2.24) is 25.7 Å². The summed E-state index contributed by atoms with van der Waals surface area (Å²) in [6, 6.07) is 8.39. The molecule has 4 rings (SSSR count). The van der Waals surface area contributed by atoms with Gasteiger partial charge in [-0.2, -0.15) is 5.10 Å². The van der Waals surface area contributed by atoms with Crippen LogP contribution >= 0.6 is 0 Å². The summed E-state index contributed by atoms with van der Waals surface area (Å²) in [4.78, 5) is 38.0. The van der Waals surface area contributed by atoms with Crippen molar-refractivity contribution in [3.8, 4) is 0 Å². The number of benzene rings is 1. The summed E-state index contributed by atoms with van der Waals surface area (Å²) in [5, 5.41) is 12.4. The van der Waals surface area contributed by atoms with Crippen LogP contribution in [0.2, 0.25) is 0 Å². The first-order valence-electron chi connectivity index (χ1n) is 12.0. The van der Waals surface area contributed by atoms with E-state index >= 15 is 0 Å². The van der Waals surface area contributed by atoms with Crippen LogP contribution in [0.4, 0.5) is 8.78 Å². The van der Waals surface area contributed by atoms with Gasteiger partial charge in [0.25, 0.3) is 6.43 Å². The standard InChI is InChI=1S/C25H31F2N5O3/c1-14-3-6-16(7-4-14)20(30-25(35)18-10-5-15(2)29-24(18)34)12-28-22(33)13-32-21(17-8-9-17)11-19(31-32)23(26)27/h3-4,6-7,11,15,17-18,20,23H,5,8-10,12-13H2,1-2H3,(H,28,33)(H,29,34)(H,30,35). The molecule has 1 aliphatic carbocycles. The van der Waals surface area contributed by atoms with Gasteiger partial charge in [0, 0.05) is 24.2 Å². The molecule has 2 aliphatic rings. The van der Waals surface area contributed by atoms with Crippen LogP contribution in [-0.2, 0) is 20.9 Å². The van der Waals surface area contributed by atoms with Crippen LogP contribution in [0.25, 0.3) is 0 Å². The smallest absolute Gasteiger partial charge is 0.282 e.